The summed E-state index contributed by atoms with van der Waals surface area (Å²) in [7, 11) is 1.32. The first-order valence-corrected chi connectivity index (χ1v) is 7.71. The average Bonchev–Trinajstić information content (AvgIpc) is 2.94. The van der Waals surface area contributed by atoms with E-state index in [4.69, 9.17) is 4.74 Å². The van der Waals surface area contributed by atoms with Crippen LogP contribution in [0.4, 0.5) is 0 Å². The second-order valence-corrected chi connectivity index (χ2v) is 5.79. The first-order valence-electron chi connectivity index (χ1n) is 6.83. The third-order valence-electron chi connectivity index (χ3n) is 3.40. The van der Waals surface area contributed by atoms with Gasteiger partial charge in [-0.2, -0.15) is 0 Å². The van der Waals surface area contributed by atoms with Crippen LogP contribution in [-0.4, -0.2) is 35.4 Å². The monoisotopic (exact) mass is 318 g/mol. The van der Waals surface area contributed by atoms with Gasteiger partial charge in [0.2, 0.25) is 0 Å². The molecule has 1 heterocycles. The minimum absolute atomic E-state index is 0.0823. The van der Waals surface area contributed by atoms with Gasteiger partial charge in [-0.05, 0) is 25.0 Å². The van der Waals surface area contributed by atoms with E-state index >= 15 is 0 Å². The van der Waals surface area contributed by atoms with Crippen LogP contribution in [0.1, 0.15) is 26.5 Å². The second-order valence-electron chi connectivity index (χ2n) is 4.93. The highest BCUT2D eigenvalue weighted by molar-refractivity contribution is 7.11. The zero-order valence-corrected chi connectivity index (χ0v) is 13.6. The number of nitrogens with zero attached hydrogens (tertiary/aromatic N) is 2. The highest BCUT2D eigenvalue weighted by Gasteiger charge is 2.23. The van der Waals surface area contributed by atoms with E-state index < -0.39 is 5.97 Å². The molecule has 22 heavy (non-hydrogen) atoms. The zero-order valence-electron chi connectivity index (χ0n) is 12.8. The Kier molecular flexibility index (Phi) is 5.27. The van der Waals surface area contributed by atoms with Gasteiger partial charge in [-0.1, -0.05) is 24.3 Å². The quantitative estimate of drug-likeness (QED) is 0.795. The van der Waals surface area contributed by atoms with Crippen LogP contribution in [0.2, 0.25) is 0 Å². The van der Waals surface area contributed by atoms with E-state index in [0.29, 0.717) is 17.1 Å². The number of ether oxygens (including phenoxy) is 1. The summed E-state index contributed by atoms with van der Waals surface area (Å²) in [5, 5.41) is 0. The van der Waals surface area contributed by atoms with E-state index in [2.05, 4.69) is 4.98 Å². The zero-order chi connectivity index (χ0) is 16.1. The van der Waals surface area contributed by atoms with Crippen LogP contribution in [0, 0.1) is 13.8 Å². The van der Waals surface area contributed by atoms with Crippen LogP contribution in [0.5, 0.6) is 0 Å². The molecule has 0 fully saturated rings. The van der Waals surface area contributed by atoms with Crippen LogP contribution < -0.4 is 0 Å². The molecule has 2 aromatic rings. The molecule has 0 atom stereocenters. The van der Waals surface area contributed by atoms with Crippen molar-refractivity contribution in [3.63, 3.8) is 0 Å². The van der Waals surface area contributed by atoms with Crippen LogP contribution in [0.15, 0.2) is 29.8 Å². The fourth-order valence-corrected chi connectivity index (χ4v) is 2.83. The fourth-order valence-electron chi connectivity index (χ4n) is 2.06. The second kappa shape index (κ2) is 7.17. The van der Waals surface area contributed by atoms with Gasteiger partial charge in [0.25, 0.3) is 5.91 Å². The van der Waals surface area contributed by atoms with Crippen molar-refractivity contribution < 1.29 is 14.3 Å². The van der Waals surface area contributed by atoms with Crippen LogP contribution in [0.25, 0.3) is 0 Å². The summed E-state index contributed by atoms with van der Waals surface area (Å²) >= 11 is 1.28. The predicted octanol–water partition coefficient (Wildman–Crippen LogP) is 2.58. The van der Waals surface area contributed by atoms with Crippen LogP contribution >= 0.6 is 11.3 Å². The Morgan fingerprint density at radius 1 is 1.27 bits per heavy atom. The van der Waals surface area contributed by atoms with Crippen LogP contribution in [-0.2, 0) is 16.1 Å². The van der Waals surface area contributed by atoms with Gasteiger partial charge < -0.3 is 9.64 Å². The molecule has 0 saturated carbocycles. The van der Waals surface area contributed by atoms with Gasteiger partial charge in [-0.25, -0.2) is 4.98 Å². The molecule has 1 amide bonds. The highest BCUT2D eigenvalue weighted by atomic mass is 32.1. The summed E-state index contributed by atoms with van der Waals surface area (Å²) in [5.41, 5.74) is 4.38. The topological polar surface area (TPSA) is 59.5 Å². The number of hydrogen-bond acceptors (Lipinski definition) is 5. The van der Waals surface area contributed by atoms with Crippen molar-refractivity contribution >= 4 is 23.2 Å². The van der Waals surface area contributed by atoms with E-state index in [0.717, 1.165) is 11.1 Å². The molecule has 0 spiro atoms. The van der Waals surface area contributed by atoms with Crippen molar-refractivity contribution in [3.8, 4) is 0 Å². The molecular weight excluding hydrogens is 300 g/mol. The number of aryl methyl sites for hydroxylation is 2. The molecule has 0 aliphatic rings. The lowest BCUT2D eigenvalue weighted by Crippen LogP contribution is -2.35. The Morgan fingerprint density at radius 3 is 2.59 bits per heavy atom. The number of rotatable bonds is 5. The number of amides is 1. The maximum absolute atomic E-state index is 12.7. The summed E-state index contributed by atoms with van der Waals surface area (Å²) in [4.78, 5) is 30.5. The van der Waals surface area contributed by atoms with E-state index in [1.807, 2.05) is 31.2 Å². The number of carbonyl (C=O) groups excluding carboxylic acids is 2. The van der Waals surface area contributed by atoms with E-state index in [9.17, 15) is 9.59 Å². The predicted molar refractivity (Wildman–Crippen MR) is 84.8 cm³/mol. The van der Waals surface area contributed by atoms with Gasteiger partial charge >= 0.3 is 5.97 Å². The van der Waals surface area contributed by atoms with Gasteiger partial charge in [0.1, 0.15) is 11.4 Å². The lowest BCUT2D eigenvalue weighted by Gasteiger charge is -2.22. The Balaban J connectivity index is 2.27. The molecule has 0 aliphatic carbocycles. The Bertz CT molecular complexity index is 682. The van der Waals surface area contributed by atoms with Gasteiger partial charge in [0.05, 0.1) is 18.3 Å². The number of carbonyl (C=O) groups is 2. The molecule has 0 saturated heterocycles. The lowest BCUT2D eigenvalue weighted by molar-refractivity contribution is -0.141. The van der Waals surface area contributed by atoms with Gasteiger partial charge in [-0.3, -0.25) is 9.59 Å². The molecule has 1 aromatic heterocycles. The molecule has 2 rings (SSSR count). The SMILES string of the molecule is COC(=O)CN(Cc1ccccc1C)C(=O)c1scnc1C. The fraction of sp³-hybridized carbons (Fsp3) is 0.312. The van der Waals surface area contributed by atoms with E-state index in [1.54, 1.807) is 12.4 Å². The molecule has 1 aromatic carbocycles. The third-order valence-corrected chi connectivity index (χ3v) is 4.31. The van der Waals surface area contributed by atoms with Gasteiger partial charge in [-0.15, -0.1) is 11.3 Å². The Morgan fingerprint density at radius 2 is 2.00 bits per heavy atom. The number of thiazole rings is 1. The van der Waals surface area contributed by atoms with Crippen molar-refractivity contribution in [1.82, 2.24) is 9.88 Å². The molecule has 0 radical (unpaired) electrons. The maximum Gasteiger partial charge on any atom is 0.325 e. The number of aromatic nitrogens is 1. The summed E-state index contributed by atoms with van der Waals surface area (Å²) in [6.45, 7) is 4.04. The van der Waals surface area contributed by atoms with E-state index in [-0.39, 0.29) is 12.5 Å². The molecule has 116 valence electrons. The van der Waals surface area contributed by atoms with Gasteiger partial charge in [0.15, 0.2) is 0 Å². The number of methoxy groups -OCH3 is 1. The molecule has 0 N–H and O–H groups in total. The molecule has 0 unspecified atom stereocenters. The van der Waals surface area contributed by atoms with Crippen molar-refractivity contribution in [2.24, 2.45) is 0 Å². The standard InChI is InChI=1S/C16H18N2O3S/c1-11-6-4-5-7-13(11)8-18(9-14(19)21-3)16(20)15-12(2)17-10-22-15/h4-7,10H,8-9H2,1-3H3. The van der Waals surface area contributed by atoms with Crippen molar-refractivity contribution in [1.29, 1.82) is 0 Å². The maximum atomic E-state index is 12.7. The highest BCUT2D eigenvalue weighted by Crippen LogP contribution is 2.18. The normalized spacial score (nSPS) is 10.3. The van der Waals surface area contributed by atoms with Crippen molar-refractivity contribution in [3.05, 3.63) is 51.5 Å². The summed E-state index contributed by atoms with van der Waals surface area (Å²) in [5.74, 6) is -0.641. The summed E-state index contributed by atoms with van der Waals surface area (Å²) in [6, 6.07) is 7.79. The molecule has 0 bridgehead atoms. The van der Waals surface area contributed by atoms with E-state index in [1.165, 1.54) is 23.3 Å². The van der Waals surface area contributed by atoms with Gasteiger partial charge in [0, 0.05) is 6.54 Å². The molecular formula is C16H18N2O3S. The van der Waals surface area contributed by atoms with Crippen LogP contribution in [0.3, 0.4) is 0 Å². The minimum Gasteiger partial charge on any atom is -0.468 e. The lowest BCUT2D eigenvalue weighted by atomic mass is 10.1. The largest absolute Gasteiger partial charge is 0.468 e. The first-order chi connectivity index (χ1) is 10.5. The first kappa shape index (κ1) is 16.2. The van der Waals surface area contributed by atoms with Crippen molar-refractivity contribution in [2.75, 3.05) is 13.7 Å². The summed E-state index contributed by atoms with van der Waals surface area (Å²) in [6.07, 6.45) is 0. The average molecular weight is 318 g/mol. The number of benzene rings is 1. The smallest absolute Gasteiger partial charge is 0.325 e. The number of esters is 1. The number of hydrogen-bond donors (Lipinski definition) is 0. The minimum atomic E-state index is -0.441. The molecule has 6 heteroatoms. The molecule has 0 aliphatic heterocycles. The third kappa shape index (κ3) is 3.71. The summed E-state index contributed by atoms with van der Waals surface area (Å²) < 4.78 is 4.70. The Labute approximate surface area is 133 Å². The molecule has 5 nitrogen and oxygen atoms in total. The Hall–Kier alpha value is -2.21. The van der Waals surface area contributed by atoms with Crippen molar-refractivity contribution in [2.45, 2.75) is 20.4 Å².